The highest BCUT2D eigenvalue weighted by molar-refractivity contribution is 7.16. The predicted molar refractivity (Wildman–Crippen MR) is 87.7 cm³/mol. The molecular weight excluding hydrogens is 307 g/mol. The van der Waals surface area contributed by atoms with E-state index in [1.165, 1.54) is 12.1 Å². The fraction of sp³-hybridized carbons (Fsp3) is 0.188. The van der Waals surface area contributed by atoms with Gasteiger partial charge in [-0.1, -0.05) is 30.7 Å². The molecule has 0 aliphatic heterocycles. The van der Waals surface area contributed by atoms with E-state index in [-0.39, 0.29) is 11.9 Å². The average Bonchev–Trinajstić information content (AvgIpc) is 2.96. The normalized spacial score (nSPS) is 12.5. The molecule has 0 aliphatic carbocycles. The number of hydrogen-bond acceptors (Lipinski definition) is 3. The summed E-state index contributed by atoms with van der Waals surface area (Å²) in [5.74, 6) is -0.228. The van der Waals surface area contributed by atoms with Crippen molar-refractivity contribution in [3.63, 3.8) is 0 Å². The number of thiazole rings is 1. The van der Waals surface area contributed by atoms with Gasteiger partial charge in [0.1, 0.15) is 11.3 Å². The van der Waals surface area contributed by atoms with Crippen molar-refractivity contribution in [1.82, 2.24) is 4.98 Å². The third-order valence-electron chi connectivity index (χ3n) is 3.45. The van der Waals surface area contributed by atoms with Gasteiger partial charge in [-0.3, -0.25) is 0 Å². The Bertz CT molecular complexity index is 755. The second kappa shape index (κ2) is 6.00. The highest BCUT2D eigenvalue weighted by Gasteiger charge is 2.14. The summed E-state index contributed by atoms with van der Waals surface area (Å²) in [4.78, 5) is 4.39. The zero-order chi connectivity index (χ0) is 14.8. The van der Waals surface area contributed by atoms with E-state index in [0.717, 1.165) is 27.9 Å². The van der Waals surface area contributed by atoms with Crippen molar-refractivity contribution in [3.8, 4) is 0 Å². The van der Waals surface area contributed by atoms with Gasteiger partial charge in [-0.2, -0.15) is 0 Å². The maximum atomic E-state index is 13.1. The van der Waals surface area contributed by atoms with Crippen LogP contribution < -0.4 is 5.32 Å². The molecule has 1 aromatic heterocycles. The molecule has 0 saturated carbocycles. The number of rotatable bonds is 4. The first-order valence-corrected chi connectivity index (χ1v) is 7.98. The minimum atomic E-state index is -0.228. The Kier molecular flexibility index (Phi) is 4.08. The molecule has 0 aliphatic rings. The van der Waals surface area contributed by atoms with Gasteiger partial charge in [0, 0.05) is 0 Å². The van der Waals surface area contributed by atoms with Crippen LogP contribution in [0.3, 0.4) is 0 Å². The zero-order valence-corrected chi connectivity index (χ0v) is 13.0. The van der Waals surface area contributed by atoms with E-state index in [2.05, 4.69) is 17.2 Å². The SMILES string of the molecule is CCC(Nc1c(Cl)ccc2scnc12)c1ccc(F)cc1. The molecule has 1 heterocycles. The molecule has 5 heteroatoms. The molecule has 0 saturated heterocycles. The zero-order valence-electron chi connectivity index (χ0n) is 11.4. The van der Waals surface area contributed by atoms with E-state index in [1.54, 1.807) is 23.5 Å². The summed E-state index contributed by atoms with van der Waals surface area (Å²) in [5, 5.41) is 4.10. The molecule has 3 aromatic rings. The molecule has 3 rings (SSSR count). The number of nitrogens with zero attached hydrogens (tertiary/aromatic N) is 1. The van der Waals surface area contributed by atoms with Crippen molar-refractivity contribution in [2.45, 2.75) is 19.4 Å². The lowest BCUT2D eigenvalue weighted by Crippen LogP contribution is -2.10. The number of benzene rings is 2. The molecule has 0 fully saturated rings. The lowest BCUT2D eigenvalue weighted by Gasteiger charge is -2.20. The monoisotopic (exact) mass is 320 g/mol. The van der Waals surface area contributed by atoms with Gasteiger partial charge in [0.25, 0.3) is 0 Å². The molecule has 0 radical (unpaired) electrons. The van der Waals surface area contributed by atoms with Crippen LogP contribution in [0.5, 0.6) is 0 Å². The van der Waals surface area contributed by atoms with Crippen LogP contribution in [0, 0.1) is 5.82 Å². The van der Waals surface area contributed by atoms with Crippen molar-refractivity contribution in [1.29, 1.82) is 0 Å². The van der Waals surface area contributed by atoms with Gasteiger partial charge in [-0.15, -0.1) is 11.3 Å². The molecule has 21 heavy (non-hydrogen) atoms. The van der Waals surface area contributed by atoms with E-state index in [9.17, 15) is 4.39 Å². The number of fused-ring (bicyclic) bond motifs is 1. The minimum absolute atomic E-state index is 0.0652. The first-order chi connectivity index (χ1) is 10.2. The van der Waals surface area contributed by atoms with Gasteiger partial charge in [0.2, 0.25) is 0 Å². The van der Waals surface area contributed by atoms with Crippen LogP contribution in [0.4, 0.5) is 10.1 Å². The quantitative estimate of drug-likeness (QED) is 0.671. The van der Waals surface area contributed by atoms with E-state index < -0.39 is 0 Å². The Labute approximate surface area is 131 Å². The minimum Gasteiger partial charge on any atom is -0.375 e. The summed E-state index contributed by atoms with van der Waals surface area (Å²) < 4.78 is 14.2. The molecule has 0 amide bonds. The van der Waals surface area contributed by atoms with Crippen LogP contribution in [0.2, 0.25) is 5.02 Å². The van der Waals surface area contributed by atoms with Crippen molar-refractivity contribution < 1.29 is 4.39 Å². The predicted octanol–water partition coefficient (Wildman–Crippen LogP) is 5.65. The van der Waals surface area contributed by atoms with Crippen molar-refractivity contribution >= 4 is 38.8 Å². The lowest BCUT2D eigenvalue weighted by atomic mass is 10.0. The molecule has 1 N–H and O–H groups in total. The van der Waals surface area contributed by atoms with Gasteiger partial charge < -0.3 is 5.32 Å². The summed E-state index contributed by atoms with van der Waals surface area (Å²) in [6.45, 7) is 2.08. The van der Waals surface area contributed by atoms with Gasteiger partial charge in [0.15, 0.2) is 0 Å². The van der Waals surface area contributed by atoms with Crippen molar-refractivity contribution in [2.75, 3.05) is 5.32 Å². The van der Waals surface area contributed by atoms with E-state index in [1.807, 2.05) is 17.6 Å². The van der Waals surface area contributed by atoms with E-state index in [4.69, 9.17) is 11.6 Å². The summed E-state index contributed by atoms with van der Waals surface area (Å²) in [7, 11) is 0. The Morgan fingerprint density at radius 3 is 2.71 bits per heavy atom. The summed E-state index contributed by atoms with van der Waals surface area (Å²) in [6.07, 6.45) is 0.864. The molecule has 0 bridgehead atoms. The number of hydrogen-bond donors (Lipinski definition) is 1. The Morgan fingerprint density at radius 1 is 1.24 bits per heavy atom. The summed E-state index contributed by atoms with van der Waals surface area (Å²) in [6, 6.07) is 10.5. The average molecular weight is 321 g/mol. The van der Waals surface area contributed by atoms with Gasteiger partial charge in [0.05, 0.1) is 27.0 Å². The van der Waals surface area contributed by atoms with Crippen LogP contribution in [0.1, 0.15) is 24.9 Å². The molecule has 1 unspecified atom stereocenters. The summed E-state index contributed by atoms with van der Waals surface area (Å²) in [5.41, 5.74) is 4.56. The molecule has 0 spiro atoms. The number of anilines is 1. The number of nitrogens with one attached hydrogen (secondary N) is 1. The third kappa shape index (κ3) is 2.87. The lowest BCUT2D eigenvalue weighted by molar-refractivity contribution is 0.625. The second-order valence-corrected chi connectivity index (χ2v) is 6.07. The number of halogens is 2. The van der Waals surface area contributed by atoms with Crippen molar-refractivity contribution in [3.05, 3.63) is 58.3 Å². The Morgan fingerprint density at radius 2 is 2.00 bits per heavy atom. The molecule has 1 atom stereocenters. The largest absolute Gasteiger partial charge is 0.375 e. The second-order valence-electron chi connectivity index (χ2n) is 4.78. The van der Waals surface area contributed by atoms with E-state index in [0.29, 0.717) is 5.02 Å². The Hall–Kier alpha value is -1.65. The van der Waals surface area contributed by atoms with Crippen LogP contribution in [0.25, 0.3) is 10.2 Å². The smallest absolute Gasteiger partial charge is 0.123 e. The molecule has 108 valence electrons. The van der Waals surface area contributed by atoms with E-state index >= 15 is 0 Å². The van der Waals surface area contributed by atoms with Crippen molar-refractivity contribution in [2.24, 2.45) is 0 Å². The van der Waals surface area contributed by atoms with Crippen LogP contribution in [-0.2, 0) is 0 Å². The first-order valence-electron chi connectivity index (χ1n) is 6.72. The fourth-order valence-corrected chi connectivity index (χ4v) is 3.23. The van der Waals surface area contributed by atoms with Crippen LogP contribution in [0.15, 0.2) is 41.9 Å². The van der Waals surface area contributed by atoms with Crippen LogP contribution in [-0.4, -0.2) is 4.98 Å². The summed E-state index contributed by atoms with van der Waals surface area (Å²) >= 11 is 7.90. The van der Waals surface area contributed by atoms with Gasteiger partial charge >= 0.3 is 0 Å². The molecule has 2 nitrogen and oxygen atoms in total. The van der Waals surface area contributed by atoms with Crippen LogP contribution >= 0.6 is 22.9 Å². The third-order valence-corrected chi connectivity index (χ3v) is 4.56. The Balaban J connectivity index is 1.97. The topological polar surface area (TPSA) is 24.9 Å². The first kappa shape index (κ1) is 14.3. The standard InChI is InChI=1S/C16H14ClFN2S/c1-2-13(10-3-5-11(18)6-4-10)20-15-12(17)7-8-14-16(15)19-9-21-14/h3-9,13,20H,2H2,1H3. The molecular formula is C16H14ClFN2S. The van der Waals surface area contributed by atoms with Gasteiger partial charge in [-0.05, 0) is 36.2 Å². The molecule has 2 aromatic carbocycles. The number of aromatic nitrogens is 1. The fourth-order valence-electron chi connectivity index (χ4n) is 2.33. The van der Waals surface area contributed by atoms with Gasteiger partial charge in [-0.25, -0.2) is 9.37 Å². The maximum Gasteiger partial charge on any atom is 0.123 e. The highest BCUT2D eigenvalue weighted by Crippen LogP contribution is 2.35. The maximum absolute atomic E-state index is 13.1. The highest BCUT2D eigenvalue weighted by atomic mass is 35.5.